The Balaban J connectivity index is 1.69. The molecule has 7 heteroatoms. The van der Waals surface area contributed by atoms with Crippen LogP contribution in [0.4, 0.5) is 0 Å². The summed E-state index contributed by atoms with van der Waals surface area (Å²) in [5, 5.41) is 4.35. The zero-order chi connectivity index (χ0) is 19.7. The highest BCUT2D eigenvalue weighted by molar-refractivity contribution is 8.00. The molecule has 1 saturated carbocycles. The lowest BCUT2D eigenvalue weighted by Gasteiger charge is -2.16. The van der Waals surface area contributed by atoms with Gasteiger partial charge >= 0.3 is 0 Å². The van der Waals surface area contributed by atoms with E-state index in [0.29, 0.717) is 17.7 Å². The number of amides is 1. The summed E-state index contributed by atoms with van der Waals surface area (Å²) in [7, 11) is 0. The Kier molecular flexibility index (Phi) is 6.11. The number of thiophene rings is 1. The molecule has 2 aliphatic rings. The van der Waals surface area contributed by atoms with E-state index in [2.05, 4.69) is 12.2 Å². The highest BCUT2D eigenvalue weighted by Gasteiger charge is 2.28. The molecule has 0 saturated heterocycles. The smallest absolute Gasteiger partial charge is 0.263 e. The van der Waals surface area contributed by atoms with Gasteiger partial charge in [-0.25, -0.2) is 4.98 Å². The molecular formula is C21H29N3O2S2. The van der Waals surface area contributed by atoms with Crippen molar-refractivity contribution in [1.29, 1.82) is 0 Å². The molecule has 0 spiro atoms. The fraction of sp³-hybridized carbons (Fsp3) is 0.667. The quantitative estimate of drug-likeness (QED) is 0.394. The lowest BCUT2D eigenvalue weighted by Crippen LogP contribution is -2.33. The number of carbonyl (C=O) groups is 1. The first kappa shape index (κ1) is 20.0. The number of nitrogens with zero attached hydrogens (tertiary/aromatic N) is 2. The molecule has 0 unspecified atom stereocenters. The maximum absolute atomic E-state index is 13.4. The number of carbonyl (C=O) groups excluding carboxylic acids is 1. The van der Waals surface area contributed by atoms with Crippen LogP contribution in [0.1, 0.15) is 69.2 Å². The Hall–Kier alpha value is -1.34. The van der Waals surface area contributed by atoms with Gasteiger partial charge in [-0.2, -0.15) is 0 Å². The predicted molar refractivity (Wildman–Crippen MR) is 117 cm³/mol. The third kappa shape index (κ3) is 4.15. The SMILES string of the molecule is CCCCCn1c(S[C@H](C)C(=O)NC2CC2)nc2sc3c(c2c1=O)CCCC3. The molecule has 1 fully saturated rings. The Morgan fingerprint density at radius 2 is 2.11 bits per heavy atom. The number of unbranched alkanes of at least 4 members (excludes halogenated alkanes) is 2. The molecule has 1 N–H and O–H groups in total. The maximum atomic E-state index is 13.4. The van der Waals surface area contributed by atoms with Gasteiger partial charge in [-0.1, -0.05) is 31.5 Å². The molecule has 4 rings (SSSR count). The molecule has 2 aromatic heterocycles. The first-order chi connectivity index (χ1) is 13.6. The third-order valence-electron chi connectivity index (χ3n) is 5.60. The lowest BCUT2D eigenvalue weighted by atomic mass is 9.97. The van der Waals surface area contributed by atoms with Gasteiger partial charge in [-0.3, -0.25) is 14.2 Å². The minimum absolute atomic E-state index is 0.0485. The van der Waals surface area contributed by atoms with Gasteiger partial charge in [0.2, 0.25) is 5.91 Å². The van der Waals surface area contributed by atoms with Gasteiger partial charge in [-0.15, -0.1) is 11.3 Å². The maximum Gasteiger partial charge on any atom is 0.263 e. The molecule has 1 amide bonds. The van der Waals surface area contributed by atoms with Crippen molar-refractivity contribution in [3.05, 3.63) is 20.8 Å². The number of hydrogen-bond acceptors (Lipinski definition) is 5. The fourth-order valence-electron chi connectivity index (χ4n) is 3.78. The van der Waals surface area contributed by atoms with Crippen molar-refractivity contribution < 1.29 is 4.79 Å². The lowest BCUT2D eigenvalue weighted by molar-refractivity contribution is -0.120. The second-order valence-corrected chi connectivity index (χ2v) is 10.4. The van der Waals surface area contributed by atoms with E-state index in [1.165, 1.54) is 28.6 Å². The van der Waals surface area contributed by atoms with Gasteiger partial charge in [0.1, 0.15) is 4.83 Å². The number of hydrogen-bond donors (Lipinski definition) is 1. The van der Waals surface area contributed by atoms with Crippen molar-refractivity contribution >= 4 is 39.2 Å². The number of rotatable bonds is 8. The highest BCUT2D eigenvalue weighted by atomic mass is 32.2. The van der Waals surface area contributed by atoms with Gasteiger partial charge < -0.3 is 5.32 Å². The van der Waals surface area contributed by atoms with E-state index in [-0.39, 0.29) is 16.7 Å². The van der Waals surface area contributed by atoms with Crippen LogP contribution in [-0.2, 0) is 24.2 Å². The standard InChI is InChI=1S/C21H29N3O2S2/c1-3-4-7-12-24-20(26)17-15-8-5-6-9-16(15)28-19(17)23-21(24)27-13(2)18(25)22-14-10-11-14/h13-14H,3-12H2,1-2H3,(H,22,25)/t13-/m1/s1. The van der Waals surface area contributed by atoms with Crippen LogP contribution < -0.4 is 10.9 Å². The Morgan fingerprint density at radius 1 is 1.32 bits per heavy atom. The second-order valence-electron chi connectivity index (χ2n) is 7.99. The van der Waals surface area contributed by atoms with Crippen LogP contribution in [0.25, 0.3) is 10.2 Å². The summed E-state index contributed by atoms with van der Waals surface area (Å²) >= 11 is 3.11. The van der Waals surface area contributed by atoms with E-state index in [4.69, 9.17) is 4.98 Å². The molecule has 2 aliphatic carbocycles. The van der Waals surface area contributed by atoms with E-state index < -0.39 is 0 Å². The average Bonchev–Trinajstić information content (AvgIpc) is 3.41. The van der Waals surface area contributed by atoms with Crippen molar-refractivity contribution in [2.45, 2.75) is 94.6 Å². The Morgan fingerprint density at radius 3 is 2.86 bits per heavy atom. The van der Waals surface area contributed by atoms with Gasteiger partial charge in [0.15, 0.2) is 5.16 Å². The summed E-state index contributed by atoms with van der Waals surface area (Å²) < 4.78 is 1.84. The molecule has 1 atom stereocenters. The largest absolute Gasteiger partial charge is 0.352 e. The van der Waals surface area contributed by atoms with Crippen LogP contribution in [0.3, 0.4) is 0 Å². The first-order valence-electron chi connectivity index (χ1n) is 10.6. The van der Waals surface area contributed by atoms with Crippen LogP contribution in [0.5, 0.6) is 0 Å². The molecule has 152 valence electrons. The van der Waals surface area contributed by atoms with Crippen molar-refractivity contribution in [1.82, 2.24) is 14.9 Å². The van der Waals surface area contributed by atoms with E-state index >= 15 is 0 Å². The molecule has 28 heavy (non-hydrogen) atoms. The summed E-state index contributed by atoms with van der Waals surface area (Å²) in [5.74, 6) is 0.0485. The van der Waals surface area contributed by atoms with E-state index in [1.54, 1.807) is 11.3 Å². The summed E-state index contributed by atoms with van der Waals surface area (Å²) in [5.41, 5.74) is 1.34. The Labute approximate surface area is 174 Å². The molecule has 0 radical (unpaired) electrons. The molecule has 0 aromatic carbocycles. The molecule has 0 bridgehead atoms. The highest BCUT2D eigenvalue weighted by Crippen LogP contribution is 2.35. The van der Waals surface area contributed by atoms with Crippen LogP contribution in [0.15, 0.2) is 9.95 Å². The summed E-state index contributed by atoms with van der Waals surface area (Å²) in [6.07, 6.45) is 9.74. The van der Waals surface area contributed by atoms with Gasteiger partial charge in [0.05, 0.1) is 10.6 Å². The zero-order valence-corrected chi connectivity index (χ0v) is 18.4. The molecule has 0 aliphatic heterocycles. The van der Waals surface area contributed by atoms with E-state index in [9.17, 15) is 9.59 Å². The van der Waals surface area contributed by atoms with Gasteiger partial charge in [-0.05, 0) is 57.4 Å². The number of thioether (sulfide) groups is 1. The molecule has 2 heterocycles. The summed E-state index contributed by atoms with van der Waals surface area (Å²) in [4.78, 5) is 33.0. The first-order valence-corrected chi connectivity index (χ1v) is 12.3. The number of aryl methyl sites for hydroxylation is 2. The monoisotopic (exact) mass is 419 g/mol. The minimum Gasteiger partial charge on any atom is -0.352 e. The van der Waals surface area contributed by atoms with Gasteiger partial charge in [0, 0.05) is 17.5 Å². The van der Waals surface area contributed by atoms with Crippen molar-refractivity contribution in [2.75, 3.05) is 0 Å². The topological polar surface area (TPSA) is 64.0 Å². The van der Waals surface area contributed by atoms with Crippen LogP contribution >= 0.6 is 23.1 Å². The second kappa shape index (κ2) is 8.57. The average molecular weight is 420 g/mol. The van der Waals surface area contributed by atoms with Crippen LogP contribution in [-0.4, -0.2) is 26.8 Å². The predicted octanol–water partition coefficient (Wildman–Crippen LogP) is 4.29. The summed E-state index contributed by atoms with van der Waals surface area (Å²) in [6, 6.07) is 0.349. The van der Waals surface area contributed by atoms with Crippen LogP contribution in [0.2, 0.25) is 0 Å². The molecule has 2 aromatic rings. The Bertz CT molecular complexity index is 930. The van der Waals surface area contributed by atoms with E-state index in [0.717, 1.165) is 61.6 Å². The number of nitrogens with one attached hydrogen (secondary N) is 1. The van der Waals surface area contributed by atoms with E-state index in [1.807, 2.05) is 11.5 Å². The van der Waals surface area contributed by atoms with Crippen molar-refractivity contribution in [3.8, 4) is 0 Å². The van der Waals surface area contributed by atoms with Crippen LogP contribution in [0, 0.1) is 0 Å². The van der Waals surface area contributed by atoms with Crippen molar-refractivity contribution in [3.63, 3.8) is 0 Å². The fourth-order valence-corrected chi connectivity index (χ4v) is 6.03. The molecule has 5 nitrogen and oxygen atoms in total. The zero-order valence-electron chi connectivity index (χ0n) is 16.8. The normalized spacial score (nSPS) is 17.5. The number of fused-ring (bicyclic) bond motifs is 3. The number of aromatic nitrogens is 2. The summed E-state index contributed by atoms with van der Waals surface area (Å²) in [6.45, 7) is 4.76. The minimum atomic E-state index is -0.253. The third-order valence-corrected chi connectivity index (χ3v) is 7.88. The molecular weight excluding hydrogens is 390 g/mol. The van der Waals surface area contributed by atoms with Gasteiger partial charge in [0.25, 0.3) is 5.56 Å². The van der Waals surface area contributed by atoms with Crippen molar-refractivity contribution in [2.24, 2.45) is 0 Å².